The van der Waals surface area contributed by atoms with E-state index in [-0.39, 0.29) is 5.56 Å². The lowest BCUT2D eigenvalue weighted by Gasteiger charge is -2.15. The van der Waals surface area contributed by atoms with E-state index in [1.165, 1.54) is 12.1 Å². The van der Waals surface area contributed by atoms with Crippen LogP contribution in [-0.2, 0) is 6.42 Å². The molecule has 0 aromatic heterocycles. The number of benzene rings is 2. The van der Waals surface area contributed by atoms with E-state index in [9.17, 15) is 8.78 Å². The number of rotatable bonds is 3. The van der Waals surface area contributed by atoms with Gasteiger partial charge in [0.25, 0.3) is 0 Å². The summed E-state index contributed by atoms with van der Waals surface area (Å²) in [6.07, 6.45) is 0.913. The predicted molar refractivity (Wildman–Crippen MR) is 75.9 cm³/mol. The van der Waals surface area contributed by atoms with Crippen LogP contribution in [0.1, 0.15) is 29.7 Å². The van der Waals surface area contributed by atoms with Gasteiger partial charge in [-0.2, -0.15) is 0 Å². The number of hydrogen-bond donors (Lipinski definition) is 1. The van der Waals surface area contributed by atoms with Crippen molar-refractivity contribution >= 4 is 15.9 Å². The molecule has 0 aliphatic heterocycles. The monoisotopic (exact) mass is 325 g/mol. The normalized spacial score (nSPS) is 12.5. The van der Waals surface area contributed by atoms with Gasteiger partial charge in [0.15, 0.2) is 0 Å². The number of halogens is 3. The van der Waals surface area contributed by atoms with Gasteiger partial charge in [0.1, 0.15) is 11.6 Å². The molecule has 0 radical (unpaired) electrons. The van der Waals surface area contributed by atoms with Crippen molar-refractivity contribution in [2.75, 3.05) is 0 Å². The molecule has 0 fully saturated rings. The summed E-state index contributed by atoms with van der Waals surface area (Å²) in [7, 11) is 0. The first-order chi connectivity index (χ1) is 9.02. The Balaban J connectivity index is 2.40. The van der Waals surface area contributed by atoms with E-state index in [2.05, 4.69) is 15.9 Å². The first-order valence-corrected chi connectivity index (χ1v) is 6.81. The van der Waals surface area contributed by atoms with Crippen molar-refractivity contribution in [3.63, 3.8) is 0 Å². The maximum absolute atomic E-state index is 13.8. The lowest BCUT2D eigenvalue weighted by Crippen LogP contribution is -2.15. The summed E-state index contributed by atoms with van der Waals surface area (Å²) in [5.74, 6) is -1.28. The molecule has 2 aromatic carbocycles. The van der Waals surface area contributed by atoms with E-state index < -0.39 is 17.7 Å². The summed E-state index contributed by atoms with van der Waals surface area (Å²) >= 11 is 3.05. The summed E-state index contributed by atoms with van der Waals surface area (Å²) in [4.78, 5) is 0. The molecule has 0 amide bonds. The third-order valence-electron chi connectivity index (χ3n) is 3.10. The molecule has 2 N–H and O–H groups in total. The van der Waals surface area contributed by atoms with Crippen molar-refractivity contribution in [1.82, 2.24) is 0 Å². The molecule has 0 bridgehead atoms. The van der Waals surface area contributed by atoms with Crippen molar-refractivity contribution in [3.8, 4) is 0 Å². The molecule has 1 atom stereocenters. The van der Waals surface area contributed by atoms with Gasteiger partial charge in [0.2, 0.25) is 0 Å². The van der Waals surface area contributed by atoms with Gasteiger partial charge in [-0.1, -0.05) is 47.1 Å². The van der Waals surface area contributed by atoms with Crippen LogP contribution in [0, 0.1) is 11.6 Å². The van der Waals surface area contributed by atoms with Crippen LogP contribution in [-0.4, -0.2) is 0 Å². The fourth-order valence-corrected chi connectivity index (χ4v) is 2.38. The highest BCUT2D eigenvalue weighted by Gasteiger charge is 2.19. The first kappa shape index (κ1) is 14.2. The van der Waals surface area contributed by atoms with Crippen LogP contribution in [0.5, 0.6) is 0 Å². The molecule has 0 saturated heterocycles. The Morgan fingerprint density at radius 1 is 1.11 bits per heavy atom. The van der Waals surface area contributed by atoms with Gasteiger partial charge in [0.05, 0.1) is 6.04 Å². The van der Waals surface area contributed by atoms with Crippen LogP contribution in [0.3, 0.4) is 0 Å². The Kier molecular flexibility index (Phi) is 4.32. The van der Waals surface area contributed by atoms with Crippen LogP contribution in [0.15, 0.2) is 40.9 Å². The third-order valence-corrected chi connectivity index (χ3v) is 3.56. The van der Waals surface area contributed by atoms with E-state index >= 15 is 0 Å². The van der Waals surface area contributed by atoms with Crippen LogP contribution in [0.4, 0.5) is 8.78 Å². The fraction of sp³-hybridized carbons (Fsp3) is 0.200. The molecule has 2 aromatic rings. The minimum atomic E-state index is -0.806. The molecule has 2 rings (SSSR count). The smallest absolute Gasteiger partial charge is 0.132 e. The van der Waals surface area contributed by atoms with Gasteiger partial charge in [0, 0.05) is 10.0 Å². The van der Waals surface area contributed by atoms with Crippen LogP contribution in [0.2, 0.25) is 0 Å². The minimum Gasteiger partial charge on any atom is -0.320 e. The van der Waals surface area contributed by atoms with Gasteiger partial charge in [-0.25, -0.2) is 8.78 Å². The van der Waals surface area contributed by atoms with Gasteiger partial charge in [-0.15, -0.1) is 0 Å². The average molecular weight is 326 g/mol. The second kappa shape index (κ2) is 5.80. The Morgan fingerprint density at radius 3 is 2.11 bits per heavy atom. The number of hydrogen-bond acceptors (Lipinski definition) is 1. The summed E-state index contributed by atoms with van der Waals surface area (Å²) in [6.45, 7) is 2.04. The van der Waals surface area contributed by atoms with E-state index in [0.717, 1.165) is 12.0 Å². The molecule has 0 spiro atoms. The highest BCUT2D eigenvalue weighted by molar-refractivity contribution is 9.10. The zero-order valence-corrected chi connectivity index (χ0v) is 12.0. The lowest BCUT2D eigenvalue weighted by atomic mass is 9.97. The summed E-state index contributed by atoms with van der Waals surface area (Å²) in [6, 6.07) is 9.10. The van der Waals surface area contributed by atoms with Gasteiger partial charge in [-0.05, 0) is 29.7 Å². The topological polar surface area (TPSA) is 26.0 Å². The van der Waals surface area contributed by atoms with E-state index in [1.807, 2.05) is 31.2 Å². The number of aryl methyl sites for hydroxylation is 1. The largest absolute Gasteiger partial charge is 0.320 e. The molecule has 1 unspecified atom stereocenters. The Hall–Kier alpha value is -1.26. The first-order valence-electron chi connectivity index (χ1n) is 6.01. The van der Waals surface area contributed by atoms with E-state index in [4.69, 9.17) is 5.73 Å². The molecule has 0 heterocycles. The van der Waals surface area contributed by atoms with Crippen LogP contribution < -0.4 is 5.73 Å². The zero-order chi connectivity index (χ0) is 14.0. The zero-order valence-electron chi connectivity index (χ0n) is 10.5. The fourth-order valence-electron chi connectivity index (χ4n) is 1.98. The Morgan fingerprint density at radius 2 is 1.63 bits per heavy atom. The molecule has 4 heteroatoms. The minimum absolute atomic E-state index is 0.104. The summed E-state index contributed by atoms with van der Waals surface area (Å²) in [5, 5.41) is 0. The van der Waals surface area contributed by atoms with Gasteiger partial charge >= 0.3 is 0 Å². The average Bonchev–Trinajstić information content (AvgIpc) is 2.37. The summed E-state index contributed by atoms with van der Waals surface area (Å²) < 4.78 is 28.0. The van der Waals surface area contributed by atoms with Crippen molar-refractivity contribution < 1.29 is 8.78 Å². The standard InChI is InChI=1S/C15H14BrF2N/c1-2-9-3-5-10(6-4-9)15(19)14-12(17)7-11(16)8-13(14)18/h3-8,15H,2,19H2,1H3. The molecule has 0 saturated carbocycles. The SMILES string of the molecule is CCc1ccc(C(N)c2c(F)cc(Br)cc2F)cc1. The van der Waals surface area contributed by atoms with E-state index in [0.29, 0.717) is 10.0 Å². The van der Waals surface area contributed by atoms with Gasteiger partial charge < -0.3 is 5.73 Å². The van der Waals surface area contributed by atoms with Crippen LogP contribution >= 0.6 is 15.9 Å². The maximum Gasteiger partial charge on any atom is 0.132 e. The van der Waals surface area contributed by atoms with E-state index in [1.54, 1.807) is 0 Å². The Bertz CT molecular complexity index is 558. The van der Waals surface area contributed by atoms with Crippen LogP contribution in [0.25, 0.3) is 0 Å². The quantitative estimate of drug-likeness (QED) is 0.892. The highest BCUT2D eigenvalue weighted by Crippen LogP contribution is 2.27. The van der Waals surface area contributed by atoms with Crippen molar-refractivity contribution in [2.45, 2.75) is 19.4 Å². The predicted octanol–water partition coefficient (Wildman–Crippen LogP) is 4.34. The van der Waals surface area contributed by atoms with Gasteiger partial charge in [-0.3, -0.25) is 0 Å². The second-order valence-electron chi connectivity index (χ2n) is 4.36. The number of nitrogens with two attached hydrogens (primary N) is 1. The molecular formula is C15H14BrF2N. The third kappa shape index (κ3) is 3.01. The summed E-state index contributed by atoms with van der Waals surface area (Å²) in [5.41, 5.74) is 7.71. The molecule has 100 valence electrons. The molecule has 0 aliphatic carbocycles. The molecule has 0 aliphatic rings. The highest BCUT2D eigenvalue weighted by atomic mass is 79.9. The maximum atomic E-state index is 13.8. The lowest BCUT2D eigenvalue weighted by molar-refractivity contribution is 0.542. The molecule has 19 heavy (non-hydrogen) atoms. The molecule has 1 nitrogen and oxygen atoms in total. The second-order valence-corrected chi connectivity index (χ2v) is 5.27. The Labute approximate surface area is 119 Å². The van der Waals surface area contributed by atoms with Crippen molar-refractivity contribution in [3.05, 3.63) is 69.2 Å². The molecular weight excluding hydrogens is 312 g/mol. The van der Waals surface area contributed by atoms with Crippen molar-refractivity contribution in [2.24, 2.45) is 5.73 Å². The van der Waals surface area contributed by atoms with Crippen molar-refractivity contribution in [1.29, 1.82) is 0 Å².